The van der Waals surface area contributed by atoms with E-state index < -0.39 is 0 Å². The molecule has 2 aromatic heterocycles. The smallest absolute Gasteiger partial charge is 0.174 e. The number of anilines is 2. The van der Waals surface area contributed by atoms with E-state index in [1.165, 1.54) is 11.3 Å². The molecule has 2 aliphatic heterocycles. The first-order valence-electron chi connectivity index (χ1n) is 11.2. The van der Waals surface area contributed by atoms with Gasteiger partial charge in [0.2, 0.25) is 0 Å². The van der Waals surface area contributed by atoms with E-state index in [1.54, 1.807) is 11.3 Å². The molecule has 1 aromatic carbocycles. The molecule has 2 saturated heterocycles. The molecule has 0 saturated carbocycles. The fourth-order valence-corrected chi connectivity index (χ4v) is 7.36. The van der Waals surface area contributed by atoms with Gasteiger partial charge in [0.15, 0.2) is 5.11 Å². The molecule has 33 heavy (non-hydrogen) atoms. The molecule has 4 unspecified atom stereocenters. The van der Waals surface area contributed by atoms with Gasteiger partial charge < -0.3 is 15.1 Å². The van der Waals surface area contributed by atoms with Crippen molar-refractivity contribution in [2.75, 3.05) is 22.9 Å². The van der Waals surface area contributed by atoms with E-state index in [2.05, 4.69) is 80.2 Å². The highest BCUT2D eigenvalue weighted by Gasteiger charge is 2.41. The van der Waals surface area contributed by atoms with Crippen molar-refractivity contribution < 1.29 is 0 Å². The fourth-order valence-electron chi connectivity index (χ4n) is 5.17. The third kappa shape index (κ3) is 4.65. The third-order valence-corrected chi connectivity index (χ3v) is 8.71. The minimum atomic E-state index is -0.0495. The zero-order valence-electron chi connectivity index (χ0n) is 18.5. The Morgan fingerprint density at radius 2 is 1.91 bits per heavy atom. The van der Waals surface area contributed by atoms with E-state index in [1.807, 2.05) is 24.4 Å². The summed E-state index contributed by atoms with van der Waals surface area (Å²) in [6.45, 7) is 6.73. The van der Waals surface area contributed by atoms with Crippen LogP contribution in [0.15, 0.2) is 58.5 Å². The van der Waals surface area contributed by atoms with E-state index in [-0.39, 0.29) is 12.1 Å². The van der Waals surface area contributed by atoms with Crippen molar-refractivity contribution in [3.05, 3.63) is 74.1 Å². The molecule has 0 radical (unpaired) electrons. The van der Waals surface area contributed by atoms with Crippen molar-refractivity contribution >= 4 is 67.6 Å². The fraction of sp³-hybridized carbons (Fsp3) is 0.360. The van der Waals surface area contributed by atoms with E-state index >= 15 is 0 Å². The van der Waals surface area contributed by atoms with Crippen molar-refractivity contribution in [1.82, 2.24) is 10.3 Å². The number of hydrogen-bond donors (Lipinski definition) is 1. The lowest BCUT2D eigenvalue weighted by Crippen LogP contribution is -2.38. The Morgan fingerprint density at radius 3 is 2.55 bits per heavy atom. The van der Waals surface area contributed by atoms with Crippen LogP contribution in [0.25, 0.3) is 0 Å². The van der Waals surface area contributed by atoms with Crippen LogP contribution in [-0.4, -0.2) is 23.2 Å². The molecule has 8 heteroatoms. The largest absolute Gasteiger partial charge is 0.370 e. The SMILES string of the molecule is CC1CC(C)CN(c2ccc(N3C(=S)NC(c4ccccn4)C3c3ccc(Br)s3)cc2Cl)C1. The van der Waals surface area contributed by atoms with Crippen LogP contribution >= 0.6 is 51.1 Å². The summed E-state index contributed by atoms with van der Waals surface area (Å²) in [6.07, 6.45) is 3.10. The maximum atomic E-state index is 6.89. The highest BCUT2D eigenvalue weighted by Crippen LogP contribution is 2.45. The van der Waals surface area contributed by atoms with Gasteiger partial charge in [0, 0.05) is 29.9 Å². The number of thiophene rings is 1. The van der Waals surface area contributed by atoms with Gasteiger partial charge in [-0.3, -0.25) is 4.98 Å². The molecule has 1 N–H and O–H groups in total. The Hall–Kier alpha value is -1.67. The second-order valence-electron chi connectivity index (χ2n) is 9.13. The van der Waals surface area contributed by atoms with Crippen LogP contribution in [0.5, 0.6) is 0 Å². The normalized spacial score (nSPS) is 25.4. The molecule has 4 heterocycles. The third-order valence-electron chi connectivity index (χ3n) is 6.40. The summed E-state index contributed by atoms with van der Waals surface area (Å²) in [4.78, 5) is 10.4. The minimum Gasteiger partial charge on any atom is -0.370 e. The van der Waals surface area contributed by atoms with Gasteiger partial charge in [-0.2, -0.15) is 0 Å². The monoisotopic (exact) mass is 560 g/mol. The second-order valence-corrected chi connectivity index (χ2v) is 12.4. The number of rotatable bonds is 4. The quantitative estimate of drug-likeness (QED) is 0.340. The van der Waals surface area contributed by atoms with Crippen molar-refractivity contribution in [1.29, 1.82) is 0 Å². The predicted molar refractivity (Wildman–Crippen MR) is 147 cm³/mol. The molecule has 172 valence electrons. The summed E-state index contributed by atoms with van der Waals surface area (Å²) < 4.78 is 1.09. The Kier molecular flexibility index (Phi) is 6.67. The first-order valence-corrected chi connectivity index (χ1v) is 13.6. The summed E-state index contributed by atoms with van der Waals surface area (Å²) in [5.74, 6) is 1.33. The van der Waals surface area contributed by atoms with Crippen LogP contribution in [-0.2, 0) is 0 Å². The second kappa shape index (κ2) is 9.53. The van der Waals surface area contributed by atoms with E-state index in [9.17, 15) is 0 Å². The lowest BCUT2D eigenvalue weighted by molar-refractivity contribution is 0.357. The van der Waals surface area contributed by atoms with Crippen LogP contribution in [0.4, 0.5) is 11.4 Å². The number of halogens is 2. The highest BCUT2D eigenvalue weighted by molar-refractivity contribution is 9.11. The molecule has 3 aromatic rings. The van der Waals surface area contributed by atoms with Crippen LogP contribution < -0.4 is 15.1 Å². The molecule has 4 atom stereocenters. The number of piperidine rings is 1. The van der Waals surface area contributed by atoms with Crippen LogP contribution in [0.2, 0.25) is 5.02 Å². The van der Waals surface area contributed by atoms with E-state index in [0.29, 0.717) is 16.9 Å². The Morgan fingerprint density at radius 1 is 1.12 bits per heavy atom. The Labute approximate surface area is 218 Å². The molecule has 2 fully saturated rings. The molecule has 4 nitrogen and oxygen atoms in total. The average molecular weight is 562 g/mol. The van der Waals surface area contributed by atoms with Crippen LogP contribution in [0.3, 0.4) is 0 Å². The zero-order valence-corrected chi connectivity index (χ0v) is 22.5. The van der Waals surface area contributed by atoms with Gasteiger partial charge in [-0.25, -0.2) is 0 Å². The minimum absolute atomic E-state index is 0.0133. The molecule has 0 aliphatic carbocycles. The van der Waals surface area contributed by atoms with Crippen molar-refractivity contribution in [2.24, 2.45) is 11.8 Å². The van der Waals surface area contributed by atoms with Crippen molar-refractivity contribution in [3.8, 4) is 0 Å². The number of aromatic nitrogens is 1. The average Bonchev–Trinajstić information content (AvgIpc) is 3.36. The van der Waals surface area contributed by atoms with Gasteiger partial charge in [0.25, 0.3) is 0 Å². The van der Waals surface area contributed by atoms with E-state index in [4.69, 9.17) is 23.8 Å². The van der Waals surface area contributed by atoms with Crippen LogP contribution in [0, 0.1) is 11.8 Å². The maximum Gasteiger partial charge on any atom is 0.174 e. The van der Waals surface area contributed by atoms with Gasteiger partial charge in [0.05, 0.1) is 32.3 Å². The van der Waals surface area contributed by atoms with Crippen molar-refractivity contribution in [3.63, 3.8) is 0 Å². The highest BCUT2D eigenvalue weighted by atomic mass is 79.9. The van der Waals surface area contributed by atoms with Crippen molar-refractivity contribution in [2.45, 2.75) is 32.4 Å². The molecule has 0 amide bonds. The van der Waals surface area contributed by atoms with E-state index in [0.717, 1.165) is 39.0 Å². The van der Waals surface area contributed by atoms with Gasteiger partial charge in [0.1, 0.15) is 0 Å². The lowest BCUT2D eigenvalue weighted by atomic mass is 9.91. The standard InChI is InChI=1S/C25H26BrClN4S2/c1-15-11-16(2)14-30(13-15)20-7-6-17(12-18(20)27)31-24(21-8-9-22(26)33-21)23(29-25(31)32)19-5-3-4-10-28-19/h3-10,12,15-16,23-24H,11,13-14H2,1-2H3,(H,29,32). The number of nitrogens with one attached hydrogen (secondary N) is 1. The molecular formula is C25H26BrClN4S2. The molecule has 5 rings (SSSR count). The first kappa shape index (κ1) is 23.1. The molecule has 0 bridgehead atoms. The summed E-state index contributed by atoms with van der Waals surface area (Å²) in [5, 5.41) is 4.97. The summed E-state index contributed by atoms with van der Waals surface area (Å²) >= 11 is 18.1. The topological polar surface area (TPSA) is 31.4 Å². The van der Waals surface area contributed by atoms with Crippen LogP contribution in [0.1, 0.15) is 42.9 Å². The molecule has 0 spiro atoms. The summed E-state index contributed by atoms with van der Waals surface area (Å²) in [6, 6.07) is 16.5. The number of hydrogen-bond acceptors (Lipinski definition) is 4. The lowest BCUT2D eigenvalue weighted by Gasteiger charge is -2.37. The Balaban J connectivity index is 1.51. The van der Waals surface area contributed by atoms with Gasteiger partial charge >= 0.3 is 0 Å². The predicted octanol–water partition coefficient (Wildman–Crippen LogP) is 7.22. The number of nitrogens with zero attached hydrogens (tertiary/aromatic N) is 3. The maximum absolute atomic E-state index is 6.89. The number of pyridine rings is 1. The number of benzene rings is 1. The summed E-state index contributed by atoms with van der Waals surface area (Å²) in [5.41, 5.74) is 3.07. The Bertz CT molecular complexity index is 1140. The summed E-state index contributed by atoms with van der Waals surface area (Å²) in [7, 11) is 0. The van der Waals surface area contributed by atoms with Gasteiger partial charge in [-0.1, -0.05) is 31.5 Å². The zero-order chi connectivity index (χ0) is 23.1. The molecular weight excluding hydrogens is 536 g/mol. The first-order chi connectivity index (χ1) is 15.9. The van der Waals surface area contributed by atoms with Gasteiger partial charge in [-0.15, -0.1) is 11.3 Å². The molecule has 2 aliphatic rings. The number of thiocarbonyl (C=S) groups is 1. The van der Waals surface area contributed by atoms with Gasteiger partial charge in [-0.05, 0) is 88.9 Å².